The number of fused-ring (bicyclic) bond motifs is 1. The lowest BCUT2D eigenvalue weighted by atomic mass is 10.0. The van der Waals surface area contributed by atoms with Crippen LogP contribution in [0.5, 0.6) is 5.75 Å². The second-order valence-electron chi connectivity index (χ2n) is 6.56. The molecule has 2 N–H and O–H groups in total. The maximum absolute atomic E-state index is 11.1. The van der Waals surface area contributed by atoms with Crippen LogP contribution in [0, 0.1) is 0 Å². The molecule has 4 heterocycles. The molecule has 29 heavy (non-hydrogen) atoms. The van der Waals surface area contributed by atoms with Gasteiger partial charge in [0.1, 0.15) is 5.75 Å². The van der Waals surface area contributed by atoms with Crippen molar-refractivity contribution in [2.45, 2.75) is 0 Å². The Kier molecular flexibility index (Phi) is 4.62. The molecule has 0 amide bonds. The molecule has 0 radical (unpaired) electrons. The fraction of sp³-hybridized carbons (Fsp3) is 0.211. The third-order valence-corrected chi connectivity index (χ3v) is 5.85. The van der Waals surface area contributed by atoms with E-state index in [1.165, 1.54) is 0 Å². The first-order valence-electron chi connectivity index (χ1n) is 9.15. The molecule has 0 spiro atoms. The van der Waals surface area contributed by atoms with Crippen LogP contribution in [0.15, 0.2) is 36.7 Å². The molecule has 1 aromatic carbocycles. The highest BCUT2D eigenvalue weighted by Gasteiger charge is 2.17. The van der Waals surface area contributed by atoms with Crippen LogP contribution in [0.2, 0.25) is 0 Å². The molecule has 0 atom stereocenters. The number of nitrogens with one attached hydrogen (secondary N) is 2. The molecule has 1 fully saturated rings. The molecule has 5 rings (SSSR count). The Balaban J connectivity index is 1.53. The summed E-state index contributed by atoms with van der Waals surface area (Å²) in [5.41, 5.74) is 3.73. The molecule has 4 aromatic rings. The van der Waals surface area contributed by atoms with Crippen LogP contribution in [0.3, 0.4) is 0 Å². The molecule has 146 valence electrons. The van der Waals surface area contributed by atoms with E-state index in [-0.39, 0.29) is 0 Å². The van der Waals surface area contributed by atoms with Gasteiger partial charge in [-0.15, -0.1) is 10.2 Å². The maximum Gasteiger partial charge on any atom is 0.298 e. The van der Waals surface area contributed by atoms with E-state index in [4.69, 9.17) is 4.74 Å². The highest BCUT2D eigenvalue weighted by Crippen LogP contribution is 2.35. The molecule has 1 aliphatic rings. The number of ether oxygens (including phenoxy) is 1. The first-order chi connectivity index (χ1) is 14.3. The SMILES string of the molecule is O=COc1cc(-c2cn[nH]c2)ccc1-c1cc2sc(N3CCNCC3)nc2nn1. The Labute approximate surface area is 169 Å². The predicted molar refractivity (Wildman–Crippen MR) is 110 cm³/mol. The van der Waals surface area contributed by atoms with Crippen molar-refractivity contribution in [1.29, 1.82) is 0 Å². The number of anilines is 1. The molecule has 0 saturated carbocycles. The van der Waals surface area contributed by atoms with Crippen molar-refractivity contribution in [2.24, 2.45) is 0 Å². The van der Waals surface area contributed by atoms with Crippen molar-refractivity contribution >= 4 is 33.3 Å². The van der Waals surface area contributed by atoms with Crippen LogP contribution in [-0.2, 0) is 4.79 Å². The normalized spacial score (nSPS) is 14.3. The molecule has 9 nitrogen and oxygen atoms in total. The number of hydrogen-bond acceptors (Lipinski definition) is 9. The van der Waals surface area contributed by atoms with Crippen LogP contribution in [0.1, 0.15) is 0 Å². The smallest absolute Gasteiger partial charge is 0.298 e. The summed E-state index contributed by atoms with van der Waals surface area (Å²) in [6, 6.07) is 7.54. The van der Waals surface area contributed by atoms with Crippen molar-refractivity contribution in [3.05, 3.63) is 36.7 Å². The first-order valence-corrected chi connectivity index (χ1v) is 9.97. The monoisotopic (exact) mass is 407 g/mol. The Bertz CT molecular complexity index is 1150. The fourth-order valence-corrected chi connectivity index (χ4v) is 4.32. The summed E-state index contributed by atoms with van der Waals surface area (Å²) in [7, 11) is 0. The minimum Gasteiger partial charge on any atom is -0.428 e. The summed E-state index contributed by atoms with van der Waals surface area (Å²) in [6.45, 7) is 4.16. The Morgan fingerprint density at radius 2 is 2.03 bits per heavy atom. The van der Waals surface area contributed by atoms with Crippen LogP contribution in [0.25, 0.3) is 32.7 Å². The number of carbonyl (C=O) groups excluding carboxylic acids is 1. The number of piperazine rings is 1. The molecule has 1 saturated heterocycles. The molecular formula is C19H17N7O2S. The van der Waals surface area contributed by atoms with Crippen molar-refractivity contribution in [2.75, 3.05) is 31.1 Å². The lowest BCUT2D eigenvalue weighted by molar-refractivity contribution is -0.120. The third kappa shape index (κ3) is 3.43. The molecule has 0 unspecified atom stereocenters. The highest BCUT2D eigenvalue weighted by molar-refractivity contribution is 7.22. The third-order valence-electron chi connectivity index (χ3n) is 4.80. The van der Waals surface area contributed by atoms with Crippen molar-refractivity contribution in [3.8, 4) is 28.1 Å². The molecule has 3 aromatic heterocycles. The van der Waals surface area contributed by atoms with Gasteiger partial charge < -0.3 is 15.0 Å². The van der Waals surface area contributed by atoms with Gasteiger partial charge >= 0.3 is 0 Å². The topological polar surface area (TPSA) is 109 Å². The molecule has 0 bridgehead atoms. The average molecular weight is 407 g/mol. The maximum atomic E-state index is 11.1. The van der Waals surface area contributed by atoms with E-state index >= 15 is 0 Å². The Hall–Kier alpha value is -3.37. The number of aromatic amines is 1. The zero-order valence-corrected chi connectivity index (χ0v) is 16.1. The fourth-order valence-electron chi connectivity index (χ4n) is 3.33. The van der Waals surface area contributed by atoms with Crippen molar-refractivity contribution < 1.29 is 9.53 Å². The lowest BCUT2D eigenvalue weighted by Gasteiger charge is -2.26. The summed E-state index contributed by atoms with van der Waals surface area (Å²) in [4.78, 5) is 17.9. The van der Waals surface area contributed by atoms with E-state index in [9.17, 15) is 4.79 Å². The zero-order valence-electron chi connectivity index (χ0n) is 15.3. The van der Waals surface area contributed by atoms with E-state index in [2.05, 4.69) is 35.6 Å². The lowest BCUT2D eigenvalue weighted by Crippen LogP contribution is -2.43. The summed E-state index contributed by atoms with van der Waals surface area (Å²) < 4.78 is 6.18. The van der Waals surface area contributed by atoms with Crippen LogP contribution < -0.4 is 15.0 Å². The van der Waals surface area contributed by atoms with Crippen LogP contribution in [0.4, 0.5) is 5.13 Å². The zero-order chi connectivity index (χ0) is 19.6. The van der Waals surface area contributed by atoms with Gasteiger partial charge in [-0.1, -0.05) is 17.4 Å². The molecule has 1 aliphatic heterocycles. The van der Waals surface area contributed by atoms with Crippen molar-refractivity contribution in [1.82, 2.24) is 30.7 Å². The minimum absolute atomic E-state index is 0.416. The summed E-state index contributed by atoms with van der Waals surface area (Å²) >= 11 is 1.59. The van der Waals surface area contributed by atoms with Gasteiger partial charge in [0, 0.05) is 43.5 Å². The van der Waals surface area contributed by atoms with Gasteiger partial charge in [-0.2, -0.15) is 10.1 Å². The number of aromatic nitrogens is 5. The van der Waals surface area contributed by atoms with E-state index < -0.39 is 0 Å². The number of nitrogens with zero attached hydrogens (tertiary/aromatic N) is 5. The Morgan fingerprint density at radius 3 is 2.83 bits per heavy atom. The van der Waals surface area contributed by atoms with E-state index in [0.29, 0.717) is 29.1 Å². The largest absolute Gasteiger partial charge is 0.428 e. The number of carbonyl (C=O) groups is 1. The van der Waals surface area contributed by atoms with Gasteiger partial charge in [0.15, 0.2) is 10.8 Å². The summed E-state index contributed by atoms with van der Waals surface area (Å²) in [5.74, 6) is 0.416. The molecule has 10 heteroatoms. The second kappa shape index (κ2) is 7.57. The van der Waals surface area contributed by atoms with Gasteiger partial charge in [0.05, 0.1) is 16.6 Å². The summed E-state index contributed by atoms with van der Waals surface area (Å²) in [5, 5.41) is 19.6. The number of H-pyrrole nitrogens is 1. The van der Waals surface area contributed by atoms with Gasteiger partial charge in [0.25, 0.3) is 6.47 Å². The van der Waals surface area contributed by atoms with Gasteiger partial charge in [-0.3, -0.25) is 9.89 Å². The van der Waals surface area contributed by atoms with Crippen LogP contribution >= 0.6 is 11.3 Å². The van der Waals surface area contributed by atoms with E-state index in [0.717, 1.165) is 47.1 Å². The second-order valence-corrected chi connectivity index (χ2v) is 7.57. The van der Waals surface area contributed by atoms with Crippen molar-refractivity contribution in [3.63, 3.8) is 0 Å². The van der Waals surface area contributed by atoms with Gasteiger partial charge in [0.2, 0.25) is 0 Å². The predicted octanol–water partition coefficient (Wildman–Crippen LogP) is 2.09. The van der Waals surface area contributed by atoms with Gasteiger partial charge in [-0.05, 0) is 23.8 Å². The molecule has 0 aliphatic carbocycles. The average Bonchev–Trinajstić information content (AvgIpc) is 3.44. The highest BCUT2D eigenvalue weighted by atomic mass is 32.1. The minimum atomic E-state index is 0.416. The molecular weight excluding hydrogens is 390 g/mol. The van der Waals surface area contributed by atoms with Gasteiger partial charge in [-0.25, -0.2) is 0 Å². The summed E-state index contributed by atoms with van der Waals surface area (Å²) in [6.07, 6.45) is 3.49. The van der Waals surface area contributed by atoms with E-state index in [1.54, 1.807) is 29.8 Å². The number of thiazole rings is 1. The number of hydrogen-bond donors (Lipinski definition) is 2. The van der Waals surface area contributed by atoms with E-state index in [1.807, 2.05) is 18.2 Å². The van der Waals surface area contributed by atoms with Crippen LogP contribution in [-0.4, -0.2) is 58.0 Å². The standard InChI is InChI=1S/C19H17N7O2S/c27-11-28-16-7-12(13-9-21-22-10-13)1-2-14(16)15-8-17-18(25-24-15)23-19(29-17)26-5-3-20-4-6-26/h1-2,7-11,20H,3-6H2,(H,21,22). The number of rotatable bonds is 5. The number of benzene rings is 1. The quantitative estimate of drug-likeness (QED) is 0.484. The first kappa shape index (κ1) is 17.7. The Morgan fingerprint density at radius 1 is 1.14 bits per heavy atom.